The van der Waals surface area contributed by atoms with Crippen molar-refractivity contribution in [3.05, 3.63) is 30.0 Å². The van der Waals surface area contributed by atoms with Gasteiger partial charge in [0.2, 0.25) is 0 Å². The third-order valence-corrected chi connectivity index (χ3v) is 3.98. The highest BCUT2D eigenvalue weighted by Crippen LogP contribution is 2.25. The lowest BCUT2D eigenvalue weighted by Crippen LogP contribution is -2.27. The van der Waals surface area contributed by atoms with Crippen LogP contribution in [0.15, 0.2) is 24.3 Å². The van der Waals surface area contributed by atoms with Gasteiger partial charge in [0.1, 0.15) is 0 Å². The highest BCUT2D eigenvalue weighted by Gasteiger charge is 2.17. The van der Waals surface area contributed by atoms with Crippen LogP contribution in [0.5, 0.6) is 0 Å². The molecule has 1 heterocycles. The van der Waals surface area contributed by atoms with Crippen LogP contribution in [0, 0.1) is 5.92 Å². The van der Waals surface area contributed by atoms with Gasteiger partial charge in [-0.3, -0.25) is 4.68 Å². The van der Waals surface area contributed by atoms with Crippen LogP contribution in [-0.2, 0) is 13.1 Å². The van der Waals surface area contributed by atoms with E-state index in [0.29, 0.717) is 0 Å². The monoisotopic (exact) mass is 243 g/mol. The summed E-state index contributed by atoms with van der Waals surface area (Å²) in [7, 11) is 0. The number of benzene rings is 1. The first-order valence-electron chi connectivity index (χ1n) is 7.03. The lowest BCUT2D eigenvalue weighted by molar-refractivity contribution is 0.301. The second-order valence-corrected chi connectivity index (χ2v) is 5.21. The van der Waals surface area contributed by atoms with Gasteiger partial charge in [-0.25, -0.2) is 0 Å². The van der Waals surface area contributed by atoms with Crippen molar-refractivity contribution in [3.63, 3.8) is 0 Å². The Bertz CT molecular complexity index is 526. The fourth-order valence-electron chi connectivity index (χ4n) is 2.66. The van der Waals surface area contributed by atoms with Crippen molar-refractivity contribution in [2.75, 3.05) is 6.54 Å². The quantitative estimate of drug-likeness (QED) is 0.875. The molecule has 0 bridgehead atoms. The molecule has 3 rings (SSSR count). The van der Waals surface area contributed by atoms with Gasteiger partial charge in [-0.1, -0.05) is 24.6 Å². The highest BCUT2D eigenvalue weighted by atomic mass is 15.3. The maximum atomic E-state index is 4.70. The molecule has 0 spiro atoms. The van der Waals surface area contributed by atoms with Crippen molar-refractivity contribution in [2.45, 2.75) is 39.3 Å². The summed E-state index contributed by atoms with van der Waals surface area (Å²) in [4.78, 5) is 0. The molecule has 0 unspecified atom stereocenters. The molecule has 0 atom stereocenters. The number of fused-ring (bicyclic) bond motifs is 1. The molecule has 1 aliphatic rings. The van der Waals surface area contributed by atoms with Crippen molar-refractivity contribution in [1.29, 1.82) is 0 Å². The van der Waals surface area contributed by atoms with E-state index in [-0.39, 0.29) is 0 Å². The normalized spacial score (nSPS) is 16.1. The Morgan fingerprint density at radius 1 is 1.33 bits per heavy atom. The molecular weight excluding hydrogens is 222 g/mol. The largest absolute Gasteiger partial charge is 0.311 e. The van der Waals surface area contributed by atoms with Crippen LogP contribution in [0.2, 0.25) is 0 Å². The molecule has 1 fully saturated rings. The molecule has 0 amide bonds. The summed E-state index contributed by atoms with van der Waals surface area (Å²) in [5.74, 6) is 0.907. The Morgan fingerprint density at radius 2 is 2.17 bits per heavy atom. The zero-order valence-corrected chi connectivity index (χ0v) is 11.0. The number of nitrogens with zero attached hydrogens (tertiary/aromatic N) is 2. The first kappa shape index (κ1) is 11.7. The van der Waals surface area contributed by atoms with Gasteiger partial charge in [-0.15, -0.1) is 0 Å². The molecule has 1 N–H and O–H groups in total. The molecule has 18 heavy (non-hydrogen) atoms. The van der Waals surface area contributed by atoms with Crippen molar-refractivity contribution in [2.24, 2.45) is 5.92 Å². The van der Waals surface area contributed by atoms with E-state index in [2.05, 4.69) is 41.2 Å². The SMILES string of the molecule is CCn1nc(CNCC2CCC2)c2ccccc21. The number of rotatable bonds is 5. The predicted octanol–water partition coefficient (Wildman–Crippen LogP) is 2.95. The van der Waals surface area contributed by atoms with Gasteiger partial charge in [0.25, 0.3) is 0 Å². The van der Waals surface area contributed by atoms with Crippen LogP contribution in [0.3, 0.4) is 0 Å². The average molecular weight is 243 g/mol. The zero-order valence-electron chi connectivity index (χ0n) is 11.0. The Balaban J connectivity index is 1.74. The fourth-order valence-corrected chi connectivity index (χ4v) is 2.66. The van der Waals surface area contributed by atoms with E-state index in [9.17, 15) is 0 Å². The van der Waals surface area contributed by atoms with Crippen molar-refractivity contribution < 1.29 is 0 Å². The van der Waals surface area contributed by atoms with Crippen molar-refractivity contribution >= 4 is 10.9 Å². The number of nitrogens with one attached hydrogen (secondary N) is 1. The maximum Gasteiger partial charge on any atom is 0.0841 e. The van der Waals surface area contributed by atoms with Gasteiger partial charge in [-0.2, -0.15) is 5.10 Å². The number of para-hydroxylation sites is 1. The third-order valence-electron chi connectivity index (χ3n) is 3.98. The maximum absolute atomic E-state index is 4.70. The summed E-state index contributed by atoms with van der Waals surface area (Å²) in [6, 6.07) is 8.51. The number of hydrogen-bond acceptors (Lipinski definition) is 2. The first-order chi connectivity index (χ1) is 8.88. The van der Waals surface area contributed by atoms with Gasteiger partial charge in [0, 0.05) is 18.5 Å². The van der Waals surface area contributed by atoms with E-state index < -0.39 is 0 Å². The summed E-state index contributed by atoms with van der Waals surface area (Å²) >= 11 is 0. The Hall–Kier alpha value is -1.35. The Labute approximate surface area is 108 Å². The summed E-state index contributed by atoms with van der Waals surface area (Å²) in [5.41, 5.74) is 2.44. The van der Waals surface area contributed by atoms with Crippen molar-refractivity contribution in [3.8, 4) is 0 Å². The van der Waals surface area contributed by atoms with Crippen molar-refractivity contribution in [1.82, 2.24) is 15.1 Å². The van der Waals surface area contributed by atoms with Crippen LogP contribution in [0.1, 0.15) is 31.9 Å². The number of hydrogen-bond donors (Lipinski definition) is 1. The van der Waals surface area contributed by atoms with Gasteiger partial charge in [0.15, 0.2) is 0 Å². The zero-order chi connectivity index (χ0) is 12.4. The molecule has 1 aromatic carbocycles. The van der Waals surface area contributed by atoms with Crippen LogP contribution >= 0.6 is 0 Å². The lowest BCUT2D eigenvalue weighted by Gasteiger charge is -2.25. The van der Waals surface area contributed by atoms with E-state index in [1.807, 2.05) is 0 Å². The molecule has 1 saturated carbocycles. The minimum absolute atomic E-state index is 0.893. The summed E-state index contributed by atoms with van der Waals surface area (Å²) in [6.45, 7) is 5.12. The minimum atomic E-state index is 0.893. The molecule has 3 heteroatoms. The van der Waals surface area contributed by atoms with Crippen LogP contribution in [0.4, 0.5) is 0 Å². The molecule has 0 aliphatic heterocycles. The van der Waals surface area contributed by atoms with Gasteiger partial charge in [0.05, 0.1) is 11.2 Å². The standard InChI is InChI=1S/C15H21N3/c1-2-18-15-9-4-3-8-13(15)14(17-18)11-16-10-12-6-5-7-12/h3-4,8-9,12,16H,2,5-7,10-11H2,1H3. The Morgan fingerprint density at radius 3 is 2.89 bits per heavy atom. The van der Waals surface area contributed by atoms with E-state index in [0.717, 1.165) is 25.6 Å². The van der Waals surface area contributed by atoms with E-state index >= 15 is 0 Å². The average Bonchev–Trinajstić information content (AvgIpc) is 2.71. The molecule has 1 aliphatic carbocycles. The molecular formula is C15H21N3. The minimum Gasteiger partial charge on any atom is -0.311 e. The van der Waals surface area contributed by atoms with Crippen LogP contribution in [0.25, 0.3) is 10.9 Å². The first-order valence-corrected chi connectivity index (χ1v) is 7.03. The molecule has 0 saturated heterocycles. The summed E-state index contributed by atoms with van der Waals surface area (Å²) < 4.78 is 2.09. The second-order valence-electron chi connectivity index (χ2n) is 5.21. The van der Waals surface area contributed by atoms with Gasteiger partial charge in [-0.05, 0) is 38.3 Å². The fraction of sp³-hybridized carbons (Fsp3) is 0.533. The molecule has 2 aromatic rings. The van der Waals surface area contributed by atoms with Gasteiger partial charge >= 0.3 is 0 Å². The molecule has 1 aromatic heterocycles. The molecule has 3 nitrogen and oxygen atoms in total. The summed E-state index contributed by atoms with van der Waals surface area (Å²) in [5, 5.41) is 9.55. The number of aromatic nitrogens is 2. The van der Waals surface area contributed by atoms with E-state index in [4.69, 9.17) is 5.10 Å². The van der Waals surface area contributed by atoms with E-state index in [1.54, 1.807) is 0 Å². The van der Waals surface area contributed by atoms with Gasteiger partial charge < -0.3 is 5.32 Å². The van der Waals surface area contributed by atoms with Crippen LogP contribution < -0.4 is 5.32 Å². The predicted molar refractivity (Wildman–Crippen MR) is 74.5 cm³/mol. The third kappa shape index (κ3) is 2.15. The summed E-state index contributed by atoms with van der Waals surface area (Å²) in [6.07, 6.45) is 4.22. The highest BCUT2D eigenvalue weighted by molar-refractivity contribution is 5.81. The van der Waals surface area contributed by atoms with Crippen LogP contribution in [-0.4, -0.2) is 16.3 Å². The molecule has 0 radical (unpaired) electrons. The second kappa shape index (κ2) is 5.11. The molecule has 96 valence electrons. The lowest BCUT2D eigenvalue weighted by atomic mass is 9.85. The number of aryl methyl sites for hydroxylation is 1. The smallest absolute Gasteiger partial charge is 0.0841 e. The topological polar surface area (TPSA) is 29.9 Å². The Kier molecular flexibility index (Phi) is 3.33. The van der Waals surface area contributed by atoms with E-state index in [1.165, 1.54) is 35.9 Å².